The lowest BCUT2D eigenvalue weighted by Crippen LogP contribution is -2.40. The topological polar surface area (TPSA) is 78.9 Å². The van der Waals surface area contributed by atoms with Crippen molar-refractivity contribution in [3.05, 3.63) is 0 Å². The Morgan fingerprint density at radius 1 is 1.50 bits per heavy atom. The number of nitrogens with zero attached hydrogens (tertiary/aromatic N) is 2. The minimum absolute atomic E-state index is 0.389. The summed E-state index contributed by atoms with van der Waals surface area (Å²) in [5, 5.41) is 11.6. The Balaban J connectivity index is 2.71. The van der Waals surface area contributed by atoms with Crippen LogP contribution >= 0.6 is 0 Å². The van der Waals surface area contributed by atoms with Crippen molar-refractivity contribution >= 4 is 11.9 Å². The molecule has 1 aliphatic heterocycles. The first-order chi connectivity index (χ1) is 5.75. The minimum atomic E-state index is -0.537. The van der Waals surface area contributed by atoms with Gasteiger partial charge in [0.15, 0.2) is 5.84 Å². The highest BCUT2D eigenvalue weighted by atomic mass is 16.4. The number of nitrogens with two attached hydrogens (primary N) is 1. The third-order valence-electron chi connectivity index (χ3n) is 1.98. The van der Waals surface area contributed by atoms with Gasteiger partial charge in [-0.25, -0.2) is 4.79 Å². The summed E-state index contributed by atoms with van der Waals surface area (Å²) in [4.78, 5) is 12.2. The molecule has 3 N–H and O–H groups in total. The van der Waals surface area contributed by atoms with E-state index in [1.54, 1.807) is 0 Å². The fraction of sp³-hybridized carbons (Fsp3) is 0.714. The Morgan fingerprint density at radius 2 is 2.25 bits per heavy atom. The molecule has 0 atom stereocenters. The highest BCUT2D eigenvalue weighted by molar-refractivity contribution is 5.96. The van der Waals surface area contributed by atoms with Gasteiger partial charge in [0.25, 0.3) is 0 Å². The smallest absolute Gasteiger partial charge is 0.320 e. The van der Waals surface area contributed by atoms with Crippen LogP contribution in [0.1, 0.15) is 25.7 Å². The van der Waals surface area contributed by atoms with E-state index in [1.807, 2.05) is 0 Å². The van der Waals surface area contributed by atoms with Crippen LogP contribution in [0.5, 0.6) is 0 Å². The Kier molecular flexibility index (Phi) is 2.90. The molecule has 5 nitrogen and oxygen atoms in total. The molecule has 0 unspecified atom stereocenters. The van der Waals surface area contributed by atoms with Crippen LogP contribution in [-0.2, 0) is 0 Å². The third kappa shape index (κ3) is 1.87. The molecule has 0 aromatic rings. The molecule has 0 aromatic heterocycles. The molecular weight excluding hydrogens is 158 g/mol. The summed E-state index contributed by atoms with van der Waals surface area (Å²) in [7, 11) is 0. The highest BCUT2D eigenvalue weighted by Crippen LogP contribution is 2.11. The highest BCUT2D eigenvalue weighted by Gasteiger charge is 2.19. The molecule has 1 saturated heterocycles. The van der Waals surface area contributed by atoms with E-state index < -0.39 is 6.03 Å². The van der Waals surface area contributed by atoms with Gasteiger partial charge in [0.05, 0.1) is 0 Å². The van der Waals surface area contributed by atoms with Gasteiger partial charge in [-0.2, -0.15) is 0 Å². The van der Waals surface area contributed by atoms with Gasteiger partial charge in [0.1, 0.15) is 0 Å². The number of amides is 2. The first-order valence-corrected chi connectivity index (χ1v) is 4.03. The van der Waals surface area contributed by atoms with Crippen LogP contribution in [0.25, 0.3) is 0 Å². The predicted molar refractivity (Wildman–Crippen MR) is 44.0 cm³/mol. The molecule has 12 heavy (non-hydrogen) atoms. The molecule has 0 aromatic carbocycles. The van der Waals surface area contributed by atoms with Crippen LogP contribution < -0.4 is 5.73 Å². The second-order valence-corrected chi connectivity index (χ2v) is 2.82. The average Bonchev–Trinajstić information content (AvgIpc) is 2.27. The summed E-state index contributed by atoms with van der Waals surface area (Å²) in [6.45, 7) is 0.564. The second kappa shape index (κ2) is 3.94. The summed E-state index contributed by atoms with van der Waals surface area (Å²) < 4.78 is 0. The number of oxime groups is 1. The van der Waals surface area contributed by atoms with Gasteiger partial charge in [-0.05, 0) is 12.8 Å². The van der Waals surface area contributed by atoms with Crippen LogP contribution in [0.3, 0.4) is 0 Å². The van der Waals surface area contributed by atoms with Crippen molar-refractivity contribution in [3.63, 3.8) is 0 Å². The SMILES string of the molecule is NC(=O)N1CCCCCC1=NO. The Bertz CT molecular complexity index is 203. The molecular formula is C7H13N3O2. The molecule has 0 radical (unpaired) electrons. The Hall–Kier alpha value is -1.26. The van der Waals surface area contributed by atoms with Crippen LogP contribution in [0.15, 0.2) is 5.16 Å². The number of urea groups is 1. The number of carbonyl (C=O) groups is 1. The number of hydrogen-bond donors (Lipinski definition) is 2. The van der Waals surface area contributed by atoms with E-state index in [0.717, 1.165) is 19.3 Å². The van der Waals surface area contributed by atoms with Crippen molar-refractivity contribution in [1.82, 2.24) is 4.90 Å². The van der Waals surface area contributed by atoms with Crippen molar-refractivity contribution in [2.75, 3.05) is 6.54 Å². The molecule has 0 aliphatic carbocycles. The van der Waals surface area contributed by atoms with Crippen molar-refractivity contribution in [1.29, 1.82) is 0 Å². The number of rotatable bonds is 0. The summed E-state index contributed by atoms with van der Waals surface area (Å²) in [6.07, 6.45) is 3.54. The first-order valence-electron chi connectivity index (χ1n) is 4.03. The molecule has 2 amide bonds. The van der Waals surface area contributed by atoms with Crippen LogP contribution in [0.2, 0.25) is 0 Å². The minimum Gasteiger partial charge on any atom is -0.409 e. The van der Waals surface area contributed by atoms with E-state index >= 15 is 0 Å². The van der Waals surface area contributed by atoms with Crippen molar-refractivity contribution < 1.29 is 10.0 Å². The zero-order chi connectivity index (χ0) is 8.97. The van der Waals surface area contributed by atoms with Crippen molar-refractivity contribution in [2.24, 2.45) is 10.9 Å². The van der Waals surface area contributed by atoms with E-state index in [0.29, 0.717) is 18.8 Å². The van der Waals surface area contributed by atoms with Crippen molar-refractivity contribution in [3.8, 4) is 0 Å². The Morgan fingerprint density at radius 3 is 2.83 bits per heavy atom. The maximum absolute atomic E-state index is 10.8. The monoisotopic (exact) mass is 171 g/mol. The number of primary amides is 1. The summed E-state index contributed by atoms with van der Waals surface area (Å²) >= 11 is 0. The maximum Gasteiger partial charge on any atom is 0.320 e. The zero-order valence-corrected chi connectivity index (χ0v) is 6.86. The fourth-order valence-corrected chi connectivity index (χ4v) is 1.34. The lowest BCUT2D eigenvalue weighted by atomic mass is 10.2. The van der Waals surface area contributed by atoms with E-state index in [1.165, 1.54) is 4.90 Å². The summed E-state index contributed by atoms with van der Waals surface area (Å²) in [5.41, 5.74) is 5.10. The largest absolute Gasteiger partial charge is 0.409 e. The van der Waals surface area contributed by atoms with Gasteiger partial charge in [-0.15, -0.1) is 0 Å². The first kappa shape index (κ1) is 8.83. The average molecular weight is 171 g/mol. The van der Waals surface area contributed by atoms with Gasteiger partial charge in [-0.3, -0.25) is 4.90 Å². The van der Waals surface area contributed by atoms with Gasteiger partial charge >= 0.3 is 6.03 Å². The van der Waals surface area contributed by atoms with E-state index in [-0.39, 0.29) is 0 Å². The quantitative estimate of drug-likeness (QED) is 0.416. The predicted octanol–water partition coefficient (Wildman–Crippen LogP) is 0.729. The van der Waals surface area contributed by atoms with Crippen molar-refractivity contribution in [2.45, 2.75) is 25.7 Å². The van der Waals surface area contributed by atoms with E-state index in [4.69, 9.17) is 10.9 Å². The lowest BCUT2D eigenvalue weighted by molar-refractivity contribution is 0.226. The van der Waals surface area contributed by atoms with Gasteiger partial charge in [0.2, 0.25) is 0 Å². The number of amidine groups is 1. The van der Waals surface area contributed by atoms with Crippen LogP contribution in [-0.4, -0.2) is 28.5 Å². The van der Waals surface area contributed by atoms with E-state index in [2.05, 4.69) is 5.16 Å². The van der Waals surface area contributed by atoms with Gasteiger partial charge < -0.3 is 10.9 Å². The molecule has 1 fully saturated rings. The summed E-state index contributed by atoms with van der Waals surface area (Å²) in [6, 6.07) is -0.537. The number of likely N-dealkylation sites (tertiary alicyclic amines) is 1. The van der Waals surface area contributed by atoms with Crippen LogP contribution in [0.4, 0.5) is 4.79 Å². The fourth-order valence-electron chi connectivity index (χ4n) is 1.34. The number of carbonyl (C=O) groups excluding carboxylic acids is 1. The molecule has 5 heteroatoms. The summed E-state index contributed by atoms with van der Waals surface area (Å²) in [5.74, 6) is 0.389. The molecule has 1 rings (SSSR count). The van der Waals surface area contributed by atoms with E-state index in [9.17, 15) is 4.79 Å². The van der Waals surface area contributed by atoms with Crippen LogP contribution in [0, 0.1) is 0 Å². The van der Waals surface area contributed by atoms with Gasteiger partial charge in [-0.1, -0.05) is 11.6 Å². The molecule has 0 saturated carbocycles. The molecule has 1 heterocycles. The maximum atomic E-state index is 10.8. The molecule has 68 valence electrons. The standard InChI is InChI=1S/C7H13N3O2/c8-7(11)10-5-3-1-2-4-6(10)9-12/h12H,1-5H2,(H2,8,11). The molecule has 0 spiro atoms. The third-order valence-corrected chi connectivity index (χ3v) is 1.98. The normalized spacial score (nSPS) is 22.3. The zero-order valence-electron chi connectivity index (χ0n) is 6.86. The lowest BCUT2D eigenvalue weighted by Gasteiger charge is -2.17. The Labute approximate surface area is 70.8 Å². The second-order valence-electron chi connectivity index (χ2n) is 2.82. The van der Waals surface area contributed by atoms with Gasteiger partial charge in [0, 0.05) is 13.0 Å². The molecule has 0 bridgehead atoms. The number of hydrogen-bond acceptors (Lipinski definition) is 3. The molecule has 1 aliphatic rings.